The van der Waals surface area contributed by atoms with E-state index >= 15 is 0 Å². The van der Waals surface area contributed by atoms with Crippen LogP contribution in [0.5, 0.6) is 0 Å². The first-order valence-electron chi connectivity index (χ1n) is 6.19. The minimum atomic E-state index is -0.884. The standard InChI is InChI=1S/C14H22FNO2/c1-5-16(9-14(3,4)18)13-7-6-11(10(2)17)8-12(13)15/h6-8,10,17-18H,5,9H2,1-4H3/t10-/m1/s1. The maximum absolute atomic E-state index is 14.0. The summed E-state index contributed by atoms with van der Waals surface area (Å²) in [5.74, 6) is -0.375. The summed E-state index contributed by atoms with van der Waals surface area (Å²) in [7, 11) is 0. The summed E-state index contributed by atoms with van der Waals surface area (Å²) in [5.41, 5.74) is 0.116. The summed E-state index contributed by atoms with van der Waals surface area (Å²) in [6.45, 7) is 7.86. The number of aliphatic hydroxyl groups excluding tert-OH is 1. The fraction of sp³-hybridized carbons (Fsp3) is 0.571. The van der Waals surface area contributed by atoms with Gasteiger partial charge in [-0.1, -0.05) is 6.07 Å². The SMILES string of the molecule is CCN(CC(C)(C)O)c1ccc([C@@H](C)O)cc1F. The number of likely N-dealkylation sites (N-methyl/N-ethyl adjacent to an activating group) is 1. The van der Waals surface area contributed by atoms with Crippen LogP contribution >= 0.6 is 0 Å². The highest BCUT2D eigenvalue weighted by Gasteiger charge is 2.20. The van der Waals surface area contributed by atoms with E-state index in [0.29, 0.717) is 24.3 Å². The normalized spacial score (nSPS) is 13.5. The van der Waals surface area contributed by atoms with Crippen LogP contribution in [0.4, 0.5) is 10.1 Å². The molecule has 0 amide bonds. The number of hydrogen-bond donors (Lipinski definition) is 2. The highest BCUT2D eigenvalue weighted by Crippen LogP contribution is 2.24. The van der Waals surface area contributed by atoms with Crippen molar-refractivity contribution in [1.29, 1.82) is 0 Å². The van der Waals surface area contributed by atoms with E-state index in [-0.39, 0.29) is 5.82 Å². The molecule has 4 heteroatoms. The van der Waals surface area contributed by atoms with Crippen LogP contribution in [0.2, 0.25) is 0 Å². The Labute approximate surface area is 108 Å². The summed E-state index contributed by atoms with van der Waals surface area (Å²) in [6.07, 6.45) is -0.682. The molecule has 0 unspecified atom stereocenters. The van der Waals surface area contributed by atoms with Gasteiger partial charge < -0.3 is 15.1 Å². The molecule has 0 spiro atoms. The molecular weight excluding hydrogens is 233 g/mol. The van der Waals surface area contributed by atoms with Gasteiger partial charge in [0.05, 0.1) is 17.4 Å². The third kappa shape index (κ3) is 3.96. The van der Waals surface area contributed by atoms with Gasteiger partial charge in [-0.2, -0.15) is 0 Å². The molecule has 0 aliphatic carbocycles. The van der Waals surface area contributed by atoms with E-state index < -0.39 is 11.7 Å². The lowest BCUT2D eigenvalue weighted by Crippen LogP contribution is -2.39. The number of halogens is 1. The van der Waals surface area contributed by atoms with Crippen LogP contribution in [0.25, 0.3) is 0 Å². The predicted octanol–water partition coefficient (Wildman–Crippen LogP) is 2.48. The van der Waals surface area contributed by atoms with Crippen LogP contribution in [0.1, 0.15) is 39.4 Å². The highest BCUT2D eigenvalue weighted by molar-refractivity contribution is 5.49. The molecule has 102 valence electrons. The molecule has 0 aliphatic heterocycles. The lowest BCUT2D eigenvalue weighted by molar-refractivity contribution is 0.0874. The lowest BCUT2D eigenvalue weighted by atomic mass is 10.1. The molecule has 2 N–H and O–H groups in total. The fourth-order valence-electron chi connectivity index (χ4n) is 1.87. The maximum atomic E-state index is 14.0. The number of nitrogens with zero attached hydrogens (tertiary/aromatic N) is 1. The quantitative estimate of drug-likeness (QED) is 0.849. The minimum absolute atomic E-state index is 0.356. The summed E-state index contributed by atoms with van der Waals surface area (Å²) in [5, 5.41) is 19.2. The Hall–Kier alpha value is -1.13. The maximum Gasteiger partial charge on any atom is 0.146 e. The van der Waals surface area contributed by atoms with Gasteiger partial charge in [0.25, 0.3) is 0 Å². The van der Waals surface area contributed by atoms with Crippen molar-refractivity contribution < 1.29 is 14.6 Å². The fourth-order valence-corrected chi connectivity index (χ4v) is 1.87. The number of anilines is 1. The van der Waals surface area contributed by atoms with Crippen molar-refractivity contribution in [3.05, 3.63) is 29.6 Å². The molecule has 18 heavy (non-hydrogen) atoms. The lowest BCUT2D eigenvalue weighted by Gasteiger charge is -2.30. The molecule has 3 nitrogen and oxygen atoms in total. The van der Waals surface area contributed by atoms with Crippen LogP contribution in [0.3, 0.4) is 0 Å². The average Bonchev–Trinajstić information content (AvgIpc) is 2.24. The van der Waals surface area contributed by atoms with Crippen molar-refractivity contribution in [2.24, 2.45) is 0 Å². The zero-order valence-electron chi connectivity index (χ0n) is 11.4. The van der Waals surface area contributed by atoms with E-state index in [0.717, 1.165) is 0 Å². The van der Waals surface area contributed by atoms with Crippen molar-refractivity contribution in [2.45, 2.75) is 39.4 Å². The van der Waals surface area contributed by atoms with Crippen LogP contribution in [0, 0.1) is 5.82 Å². The first kappa shape index (κ1) is 14.9. The molecule has 1 aromatic carbocycles. The molecule has 0 fully saturated rings. The van der Waals surface area contributed by atoms with Crippen molar-refractivity contribution in [3.8, 4) is 0 Å². The molecule has 0 radical (unpaired) electrons. The Bertz CT molecular complexity index is 399. The smallest absolute Gasteiger partial charge is 0.146 e. The Kier molecular flexibility index (Phi) is 4.71. The Morgan fingerprint density at radius 2 is 2.00 bits per heavy atom. The average molecular weight is 255 g/mol. The molecule has 0 heterocycles. The second-order valence-corrected chi connectivity index (χ2v) is 5.21. The topological polar surface area (TPSA) is 43.7 Å². The van der Waals surface area contributed by atoms with Crippen LogP contribution in [-0.4, -0.2) is 28.9 Å². The van der Waals surface area contributed by atoms with Gasteiger partial charge >= 0.3 is 0 Å². The van der Waals surface area contributed by atoms with E-state index in [1.54, 1.807) is 37.8 Å². The van der Waals surface area contributed by atoms with Crippen molar-refractivity contribution in [1.82, 2.24) is 0 Å². The van der Waals surface area contributed by atoms with Crippen molar-refractivity contribution in [2.75, 3.05) is 18.0 Å². The molecule has 1 atom stereocenters. The minimum Gasteiger partial charge on any atom is -0.389 e. The summed E-state index contributed by atoms with van der Waals surface area (Å²) in [4.78, 5) is 1.78. The second-order valence-electron chi connectivity index (χ2n) is 5.21. The van der Waals surface area contributed by atoms with Gasteiger partial charge in [0.15, 0.2) is 0 Å². The van der Waals surface area contributed by atoms with Gasteiger partial charge in [-0.25, -0.2) is 4.39 Å². The Morgan fingerprint density at radius 1 is 1.39 bits per heavy atom. The molecule has 0 aliphatic rings. The Balaban J connectivity index is 3.00. The molecule has 1 rings (SSSR count). The molecule has 0 saturated carbocycles. The van der Waals surface area contributed by atoms with Gasteiger partial charge in [0, 0.05) is 13.1 Å². The number of rotatable bonds is 5. The molecular formula is C14H22FNO2. The summed E-state index contributed by atoms with van der Waals surface area (Å²) in [6, 6.07) is 4.69. The monoisotopic (exact) mass is 255 g/mol. The summed E-state index contributed by atoms with van der Waals surface area (Å²) >= 11 is 0. The van der Waals surface area contributed by atoms with Gasteiger partial charge in [-0.3, -0.25) is 0 Å². The highest BCUT2D eigenvalue weighted by atomic mass is 19.1. The van der Waals surface area contributed by atoms with Crippen molar-refractivity contribution in [3.63, 3.8) is 0 Å². The Morgan fingerprint density at radius 3 is 2.39 bits per heavy atom. The first-order chi connectivity index (χ1) is 8.24. The second kappa shape index (κ2) is 5.67. The van der Waals surface area contributed by atoms with Crippen LogP contribution in [-0.2, 0) is 0 Å². The predicted molar refractivity (Wildman–Crippen MR) is 71.2 cm³/mol. The van der Waals surface area contributed by atoms with Gasteiger partial charge in [0.2, 0.25) is 0 Å². The number of benzene rings is 1. The third-order valence-electron chi connectivity index (χ3n) is 2.75. The van der Waals surface area contributed by atoms with Crippen molar-refractivity contribution >= 4 is 5.69 Å². The zero-order valence-corrected chi connectivity index (χ0v) is 11.4. The van der Waals surface area contributed by atoms with E-state index in [1.165, 1.54) is 6.07 Å². The van der Waals surface area contributed by atoms with Crippen LogP contribution < -0.4 is 4.90 Å². The number of aliphatic hydroxyl groups is 2. The van der Waals surface area contributed by atoms with Gasteiger partial charge in [-0.15, -0.1) is 0 Å². The number of hydrogen-bond acceptors (Lipinski definition) is 3. The molecule has 0 aromatic heterocycles. The molecule has 0 bridgehead atoms. The first-order valence-corrected chi connectivity index (χ1v) is 6.19. The summed E-state index contributed by atoms with van der Waals surface area (Å²) < 4.78 is 14.0. The van der Waals surface area contributed by atoms with Gasteiger partial charge in [-0.05, 0) is 45.4 Å². The third-order valence-corrected chi connectivity index (χ3v) is 2.75. The molecule has 1 aromatic rings. The van der Waals surface area contributed by atoms with E-state index in [2.05, 4.69) is 0 Å². The van der Waals surface area contributed by atoms with E-state index in [4.69, 9.17) is 0 Å². The zero-order chi connectivity index (χ0) is 13.9. The van der Waals surface area contributed by atoms with E-state index in [9.17, 15) is 14.6 Å². The van der Waals surface area contributed by atoms with Crippen LogP contribution in [0.15, 0.2) is 18.2 Å². The largest absolute Gasteiger partial charge is 0.389 e. The molecule has 0 saturated heterocycles. The van der Waals surface area contributed by atoms with E-state index in [1.807, 2.05) is 6.92 Å². The van der Waals surface area contributed by atoms with Gasteiger partial charge in [0.1, 0.15) is 5.82 Å².